The number of nitrogens with zero attached hydrogens (tertiary/aromatic N) is 2. The van der Waals surface area contributed by atoms with Gasteiger partial charge < -0.3 is 15.3 Å². The molecule has 2 saturated heterocycles. The molecule has 7 nitrogen and oxygen atoms in total. The first kappa shape index (κ1) is 34.6. The first-order valence-electron chi connectivity index (χ1n) is 17.1. The summed E-state index contributed by atoms with van der Waals surface area (Å²) in [6.07, 6.45) is 7.57. The van der Waals surface area contributed by atoms with Crippen LogP contribution in [-0.2, 0) is 16.1 Å². The van der Waals surface area contributed by atoms with Crippen LogP contribution in [0.4, 0.5) is 0 Å². The number of carbonyl (C=O) groups is 2. The number of phenols is 1. The molecule has 0 radical (unpaired) electrons. The van der Waals surface area contributed by atoms with Crippen LogP contribution in [0.2, 0.25) is 0 Å². The molecule has 3 N–H and O–H groups in total. The lowest BCUT2D eigenvalue weighted by Crippen LogP contribution is -2.47. The number of aliphatic hydroxyl groups excluding tert-OH is 2. The van der Waals surface area contributed by atoms with E-state index in [1.807, 2.05) is 30.3 Å². The number of phenolic OH excluding ortho intramolecular Hbond substituents is 1. The zero-order chi connectivity index (χ0) is 32.8. The molecule has 8 heteroatoms. The van der Waals surface area contributed by atoms with Crippen molar-refractivity contribution < 1.29 is 24.9 Å². The number of aromatic hydroxyl groups is 1. The highest BCUT2D eigenvalue weighted by Crippen LogP contribution is 2.48. The van der Waals surface area contributed by atoms with Crippen LogP contribution in [0.25, 0.3) is 6.08 Å². The number of rotatable bonds is 13. The van der Waals surface area contributed by atoms with Crippen molar-refractivity contribution in [2.75, 3.05) is 19.7 Å². The molecule has 2 aromatic rings. The van der Waals surface area contributed by atoms with Crippen molar-refractivity contribution in [3.05, 3.63) is 80.8 Å². The van der Waals surface area contributed by atoms with Gasteiger partial charge in [-0.25, -0.2) is 0 Å². The maximum absolute atomic E-state index is 14.1. The minimum atomic E-state index is -0.825. The molecule has 4 atom stereocenters. The van der Waals surface area contributed by atoms with E-state index < -0.39 is 23.9 Å². The van der Waals surface area contributed by atoms with Gasteiger partial charge in [0.2, 0.25) is 11.8 Å². The molecule has 46 heavy (non-hydrogen) atoms. The molecular weight excluding hydrogens is 644 g/mol. The number of imide groups is 1. The summed E-state index contributed by atoms with van der Waals surface area (Å²) in [6, 6.07) is 15.6. The van der Waals surface area contributed by atoms with Crippen LogP contribution in [0, 0.1) is 17.8 Å². The van der Waals surface area contributed by atoms with Gasteiger partial charge >= 0.3 is 0 Å². The van der Waals surface area contributed by atoms with Crippen molar-refractivity contribution >= 4 is 33.8 Å². The topological polar surface area (TPSA) is 101 Å². The molecule has 248 valence electrons. The van der Waals surface area contributed by atoms with E-state index in [-0.39, 0.29) is 30.2 Å². The highest BCUT2D eigenvalue weighted by Gasteiger charge is 2.56. The Morgan fingerprint density at radius 2 is 1.76 bits per heavy atom. The van der Waals surface area contributed by atoms with Crippen molar-refractivity contribution in [3.63, 3.8) is 0 Å². The van der Waals surface area contributed by atoms with E-state index in [1.54, 1.807) is 17.0 Å². The van der Waals surface area contributed by atoms with Crippen LogP contribution in [0.1, 0.15) is 82.8 Å². The smallest absolute Gasteiger partial charge is 0.234 e. The summed E-state index contributed by atoms with van der Waals surface area (Å²) in [5.41, 5.74) is 4.91. The third-order valence-corrected chi connectivity index (χ3v) is 10.6. The van der Waals surface area contributed by atoms with Gasteiger partial charge in [-0.15, -0.1) is 0 Å². The molecule has 0 unspecified atom stereocenters. The fourth-order valence-electron chi connectivity index (χ4n) is 7.99. The van der Waals surface area contributed by atoms with E-state index >= 15 is 0 Å². The molecule has 0 bridgehead atoms. The zero-order valence-corrected chi connectivity index (χ0v) is 28.8. The number of hydrogen-bond acceptors (Lipinski definition) is 6. The second-order valence-corrected chi connectivity index (χ2v) is 14.2. The number of fused-ring (bicyclic) bond motifs is 1. The van der Waals surface area contributed by atoms with Gasteiger partial charge in [0.05, 0.1) is 24.5 Å². The Labute approximate surface area is 282 Å². The average Bonchev–Trinajstić information content (AvgIpc) is 3.30. The normalized spacial score (nSPS) is 23.7. The SMILES string of the molecule is CCCC1=C([C@H](O)CC/C(=C/c2cc(Br)ccc2O)CCC)[C@H](CO)[C@@H]2C(=O)N(C3CCN(Cc4ccccc4)CC3)C(=O)[C@@H]2C1. The predicted octanol–water partition coefficient (Wildman–Crippen LogP) is 6.85. The minimum Gasteiger partial charge on any atom is -0.507 e. The molecule has 3 aliphatic rings. The lowest BCUT2D eigenvalue weighted by Gasteiger charge is -2.37. The lowest BCUT2D eigenvalue weighted by molar-refractivity contribution is -0.144. The van der Waals surface area contributed by atoms with Crippen LogP contribution < -0.4 is 0 Å². The number of piperidine rings is 1. The van der Waals surface area contributed by atoms with Gasteiger partial charge in [-0.2, -0.15) is 0 Å². The van der Waals surface area contributed by atoms with Gasteiger partial charge in [0.1, 0.15) is 5.75 Å². The summed E-state index contributed by atoms with van der Waals surface area (Å²) in [5.74, 6) is -1.73. The van der Waals surface area contributed by atoms with E-state index in [0.29, 0.717) is 19.3 Å². The highest BCUT2D eigenvalue weighted by atomic mass is 79.9. The molecule has 2 fully saturated rings. The average molecular weight is 694 g/mol. The largest absolute Gasteiger partial charge is 0.507 e. The van der Waals surface area contributed by atoms with Gasteiger partial charge in [0, 0.05) is 41.6 Å². The first-order chi connectivity index (χ1) is 22.2. The Balaban J connectivity index is 1.31. The quantitative estimate of drug-likeness (QED) is 0.157. The Morgan fingerprint density at radius 3 is 2.43 bits per heavy atom. The highest BCUT2D eigenvalue weighted by molar-refractivity contribution is 9.10. The summed E-state index contributed by atoms with van der Waals surface area (Å²) in [5, 5.41) is 32.9. The molecule has 2 amide bonds. The predicted molar refractivity (Wildman–Crippen MR) is 185 cm³/mol. The van der Waals surface area contributed by atoms with Gasteiger partial charge in [-0.05, 0) is 74.3 Å². The second-order valence-electron chi connectivity index (χ2n) is 13.3. The maximum atomic E-state index is 14.1. The van der Waals surface area contributed by atoms with Crippen molar-refractivity contribution in [1.82, 2.24) is 9.80 Å². The fraction of sp³-hybridized carbons (Fsp3) is 0.526. The van der Waals surface area contributed by atoms with Crippen molar-refractivity contribution in [1.29, 1.82) is 0 Å². The number of benzene rings is 2. The molecule has 1 aliphatic carbocycles. The maximum Gasteiger partial charge on any atom is 0.234 e. The summed E-state index contributed by atoms with van der Waals surface area (Å²) >= 11 is 3.48. The third-order valence-electron chi connectivity index (χ3n) is 10.2. The van der Waals surface area contributed by atoms with Crippen LogP contribution in [-0.4, -0.2) is 68.8 Å². The number of likely N-dealkylation sites (tertiary alicyclic amines) is 2. The third kappa shape index (κ3) is 7.67. The summed E-state index contributed by atoms with van der Waals surface area (Å²) < 4.78 is 0.881. The van der Waals surface area contributed by atoms with Crippen molar-refractivity contribution in [2.45, 2.75) is 90.3 Å². The summed E-state index contributed by atoms with van der Waals surface area (Å²) in [7, 11) is 0. The minimum absolute atomic E-state index is 0.0981. The first-order valence-corrected chi connectivity index (χ1v) is 17.9. The summed E-state index contributed by atoms with van der Waals surface area (Å²) in [6.45, 7) is 6.43. The standard InChI is InChI=1S/C38H49BrN2O5/c1-3-8-25(20-28-21-29(39)13-15-33(28)43)12-14-34(44)35-27(9-4-2)22-31-36(32(35)24-42)38(46)41(37(31)45)30-16-18-40(19-17-30)23-26-10-6-5-7-11-26/h5-7,10-11,13,15,20-21,30-32,34,36,42-44H,3-4,8-9,12,14,16-19,22-24H2,1-2H3/b25-20+/t31-,32+,34-,36-/m1/s1. The van der Waals surface area contributed by atoms with Gasteiger partial charge in [0.25, 0.3) is 0 Å². The number of hydrogen-bond donors (Lipinski definition) is 3. The molecule has 0 saturated carbocycles. The van der Waals surface area contributed by atoms with Crippen LogP contribution >= 0.6 is 15.9 Å². The molecule has 2 aromatic carbocycles. The van der Waals surface area contributed by atoms with E-state index in [2.05, 4.69) is 46.8 Å². The monoisotopic (exact) mass is 692 g/mol. The Morgan fingerprint density at radius 1 is 1.02 bits per heavy atom. The summed E-state index contributed by atoms with van der Waals surface area (Å²) in [4.78, 5) is 31.9. The van der Waals surface area contributed by atoms with Gasteiger partial charge in [-0.3, -0.25) is 19.4 Å². The number of allylic oxidation sites excluding steroid dienone is 2. The zero-order valence-electron chi connectivity index (χ0n) is 27.2. The van der Waals surface area contributed by atoms with Crippen molar-refractivity contribution in [3.8, 4) is 5.75 Å². The Kier molecular flexibility index (Phi) is 11.9. The van der Waals surface area contributed by atoms with E-state index in [1.165, 1.54) is 5.56 Å². The van der Waals surface area contributed by atoms with Gasteiger partial charge in [-0.1, -0.05) is 90.2 Å². The molecule has 2 aliphatic heterocycles. The number of aliphatic hydroxyl groups is 2. The van der Waals surface area contributed by atoms with E-state index in [9.17, 15) is 24.9 Å². The number of carbonyl (C=O) groups excluding carboxylic acids is 2. The van der Waals surface area contributed by atoms with Crippen LogP contribution in [0.15, 0.2) is 69.7 Å². The second kappa shape index (κ2) is 15.9. The Bertz CT molecular complexity index is 1430. The molecule has 0 spiro atoms. The molecule has 0 aromatic heterocycles. The van der Waals surface area contributed by atoms with Crippen LogP contribution in [0.5, 0.6) is 5.75 Å². The molecule has 5 rings (SSSR count). The molecular formula is C38H49BrN2O5. The molecule has 2 heterocycles. The fourth-order valence-corrected chi connectivity index (χ4v) is 8.37. The van der Waals surface area contributed by atoms with E-state index in [0.717, 1.165) is 84.9 Å². The number of halogens is 1. The van der Waals surface area contributed by atoms with E-state index in [4.69, 9.17) is 0 Å². The van der Waals surface area contributed by atoms with Crippen LogP contribution in [0.3, 0.4) is 0 Å². The van der Waals surface area contributed by atoms with Gasteiger partial charge in [0.15, 0.2) is 0 Å². The lowest BCUT2D eigenvalue weighted by atomic mass is 9.67. The number of amides is 2. The van der Waals surface area contributed by atoms with Crippen molar-refractivity contribution in [2.24, 2.45) is 17.8 Å². The Hall–Kier alpha value is -2.78.